The first-order valence-electron chi connectivity index (χ1n) is 8.40. The summed E-state index contributed by atoms with van der Waals surface area (Å²) in [4.78, 5) is 29.0. The van der Waals surface area contributed by atoms with E-state index in [1.54, 1.807) is 24.4 Å². The van der Waals surface area contributed by atoms with Crippen molar-refractivity contribution in [1.82, 2.24) is 20.2 Å². The molecule has 2 aromatic carbocycles. The molecule has 0 radical (unpaired) electrons. The van der Waals surface area contributed by atoms with E-state index in [1.807, 2.05) is 54.2 Å². The van der Waals surface area contributed by atoms with E-state index in [2.05, 4.69) is 31.5 Å². The summed E-state index contributed by atoms with van der Waals surface area (Å²) in [7, 11) is 1.87. The molecule has 1 aromatic heterocycles. The van der Waals surface area contributed by atoms with Gasteiger partial charge in [-0.2, -0.15) is 0 Å². The molecule has 3 rings (SSSR count). The third kappa shape index (κ3) is 4.83. The number of imidazole rings is 1. The Balaban J connectivity index is 1.68. The normalized spacial score (nSPS) is 11.6. The first kappa shape index (κ1) is 18.8. The third-order valence-corrected chi connectivity index (χ3v) is 4.54. The molecule has 27 heavy (non-hydrogen) atoms. The Morgan fingerprint density at radius 1 is 1.15 bits per heavy atom. The topological polar surface area (TPSA) is 76.0 Å². The zero-order valence-electron chi connectivity index (χ0n) is 14.7. The molecular weight excluding hydrogens is 408 g/mol. The molecule has 2 amide bonds. The Morgan fingerprint density at radius 3 is 2.59 bits per heavy atom. The minimum absolute atomic E-state index is 0.126. The zero-order chi connectivity index (χ0) is 19.2. The van der Waals surface area contributed by atoms with Crippen LogP contribution in [0.1, 0.15) is 27.8 Å². The van der Waals surface area contributed by atoms with Crippen molar-refractivity contribution in [2.45, 2.75) is 6.04 Å². The van der Waals surface area contributed by atoms with Crippen molar-refractivity contribution in [2.75, 3.05) is 6.54 Å². The van der Waals surface area contributed by atoms with Crippen molar-refractivity contribution in [1.29, 1.82) is 0 Å². The second-order valence-electron chi connectivity index (χ2n) is 6.00. The molecule has 0 bridgehead atoms. The summed E-state index contributed by atoms with van der Waals surface area (Å²) in [6, 6.07) is 16.2. The average Bonchev–Trinajstić information content (AvgIpc) is 3.10. The van der Waals surface area contributed by atoms with Gasteiger partial charge in [0.15, 0.2) is 0 Å². The van der Waals surface area contributed by atoms with Crippen molar-refractivity contribution < 1.29 is 9.59 Å². The van der Waals surface area contributed by atoms with Gasteiger partial charge in [0.1, 0.15) is 11.9 Å². The fraction of sp³-hybridized carbons (Fsp3) is 0.150. The number of rotatable bonds is 6. The van der Waals surface area contributed by atoms with Gasteiger partial charge in [0.25, 0.3) is 5.91 Å². The number of aromatic nitrogens is 2. The number of amides is 2. The number of hydrogen-bond acceptors (Lipinski definition) is 3. The van der Waals surface area contributed by atoms with E-state index in [4.69, 9.17) is 0 Å². The molecule has 0 spiro atoms. The van der Waals surface area contributed by atoms with Gasteiger partial charge in [-0.05, 0) is 23.8 Å². The van der Waals surface area contributed by atoms with Gasteiger partial charge in [-0.25, -0.2) is 4.98 Å². The van der Waals surface area contributed by atoms with Gasteiger partial charge in [-0.15, -0.1) is 0 Å². The summed E-state index contributed by atoms with van der Waals surface area (Å²) in [6.45, 7) is -0.126. The predicted octanol–water partition coefficient (Wildman–Crippen LogP) is 2.82. The summed E-state index contributed by atoms with van der Waals surface area (Å²) >= 11 is 3.33. The van der Waals surface area contributed by atoms with E-state index in [-0.39, 0.29) is 18.4 Å². The first-order chi connectivity index (χ1) is 13.0. The number of carbonyl (C=O) groups excluding carboxylic acids is 2. The number of benzene rings is 2. The lowest BCUT2D eigenvalue weighted by atomic mass is 10.1. The van der Waals surface area contributed by atoms with Crippen molar-refractivity contribution in [3.05, 3.63) is 88.4 Å². The lowest BCUT2D eigenvalue weighted by Crippen LogP contribution is -2.39. The Kier molecular flexibility index (Phi) is 6.03. The number of carbonyl (C=O) groups is 2. The number of halogens is 1. The van der Waals surface area contributed by atoms with Gasteiger partial charge < -0.3 is 15.2 Å². The highest BCUT2D eigenvalue weighted by atomic mass is 79.9. The van der Waals surface area contributed by atoms with Gasteiger partial charge in [-0.1, -0.05) is 52.3 Å². The molecule has 1 unspecified atom stereocenters. The van der Waals surface area contributed by atoms with Crippen LogP contribution < -0.4 is 10.6 Å². The van der Waals surface area contributed by atoms with Gasteiger partial charge in [0.05, 0.1) is 6.54 Å². The van der Waals surface area contributed by atoms with Crippen LogP contribution in [0.5, 0.6) is 0 Å². The quantitative estimate of drug-likeness (QED) is 0.636. The fourth-order valence-electron chi connectivity index (χ4n) is 2.70. The lowest BCUT2D eigenvalue weighted by molar-refractivity contribution is -0.120. The van der Waals surface area contributed by atoms with E-state index in [9.17, 15) is 9.59 Å². The van der Waals surface area contributed by atoms with Crippen LogP contribution in [0.15, 0.2) is 71.5 Å². The second-order valence-corrected chi connectivity index (χ2v) is 6.92. The lowest BCUT2D eigenvalue weighted by Gasteiger charge is -2.19. The van der Waals surface area contributed by atoms with Crippen molar-refractivity contribution in [2.24, 2.45) is 7.05 Å². The molecule has 1 heterocycles. The SMILES string of the molecule is Cn1ccnc1C(NC(=O)CNC(=O)c1cccc(Br)c1)c1ccccc1. The Bertz CT molecular complexity index is 940. The molecule has 3 aromatic rings. The summed E-state index contributed by atoms with van der Waals surface area (Å²) < 4.78 is 2.66. The highest BCUT2D eigenvalue weighted by Gasteiger charge is 2.20. The Morgan fingerprint density at radius 2 is 1.93 bits per heavy atom. The van der Waals surface area contributed by atoms with Crippen LogP contribution in [0.2, 0.25) is 0 Å². The molecular formula is C20H19BrN4O2. The van der Waals surface area contributed by atoms with Gasteiger partial charge in [0.2, 0.25) is 5.91 Å². The van der Waals surface area contributed by atoms with Crippen molar-refractivity contribution in [3.63, 3.8) is 0 Å². The van der Waals surface area contributed by atoms with E-state index >= 15 is 0 Å². The van der Waals surface area contributed by atoms with E-state index in [0.717, 1.165) is 10.0 Å². The van der Waals surface area contributed by atoms with Crippen LogP contribution in [0.4, 0.5) is 0 Å². The maximum atomic E-state index is 12.5. The molecule has 0 aliphatic heterocycles. The van der Waals surface area contributed by atoms with Crippen LogP contribution in [0.25, 0.3) is 0 Å². The highest BCUT2D eigenvalue weighted by molar-refractivity contribution is 9.10. The molecule has 0 fully saturated rings. The number of aryl methyl sites for hydroxylation is 1. The molecule has 0 aliphatic rings. The van der Waals surface area contributed by atoms with Crippen LogP contribution in [-0.2, 0) is 11.8 Å². The minimum Gasteiger partial charge on any atom is -0.343 e. The fourth-order valence-corrected chi connectivity index (χ4v) is 3.10. The predicted molar refractivity (Wildman–Crippen MR) is 106 cm³/mol. The van der Waals surface area contributed by atoms with Crippen molar-refractivity contribution >= 4 is 27.7 Å². The Labute approximate surface area is 165 Å². The molecule has 7 heteroatoms. The molecule has 6 nitrogen and oxygen atoms in total. The summed E-state index contributed by atoms with van der Waals surface area (Å²) in [5.74, 6) is 0.114. The smallest absolute Gasteiger partial charge is 0.251 e. The third-order valence-electron chi connectivity index (χ3n) is 4.05. The number of nitrogens with zero attached hydrogens (tertiary/aromatic N) is 2. The van der Waals surface area contributed by atoms with Crippen LogP contribution in [-0.4, -0.2) is 27.9 Å². The molecule has 0 aliphatic carbocycles. The molecule has 0 saturated heterocycles. The maximum Gasteiger partial charge on any atom is 0.251 e. The summed E-state index contributed by atoms with van der Waals surface area (Å²) in [5.41, 5.74) is 1.40. The van der Waals surface area contributed by atoms with Gasteiger partial charge in [0, 0.05) is 29.5 Å². The Hall–Kier alpha value is -2.93. The zero-order valence-corrected chi connectivity index (χ0v) is 16.3. The highest BCUT2D eigenvalue weighted by Crippen LogP contribution is 2.20. The average molecular weight is 427 g/mol. The van der Waals surface area contributed by atoms with E-state index < -0.39 is 6.04 Å². The van der Waals surface area contributed by atoms with Gasteiger partial charge in [-0.3, -0.25) is 9.59 Å². The van der Waals surface area contributed by atoms with Crippen LogP contribution in [0, 0.1) is 0 Å². The van der Waals surface area contributed by atoms with E-state index in [0.29, 0.717) is 11.4 Å². The monoisotopic (exact) mass is 426 g/mol. The van der Waals surface area contributed by atoms with Gasteiger partial charge >= 0.3 is 0 Å². The number of nitrogens with one attached hydrogen (secondary N) is 2. The minimum atomic E-state index is -0.401. The summed E-state index contributed by atoms with van der Waals surface area (Å²) in [6.07, 6.45) is 3.51. The molecule has 0 saturated carbocycles. The molecule has 1 atom stereocenters. The first-order valence-corrected chi connectivity index (χ1v) is 9.19. The van der Waals surface area contributed by atoms with Crippen molar-refractivity contribution in [3.8, 4) is 0 Å². The second kappa shape index (κ2) is 8.64. The standard InChI is InChI=1S/C20H19BrN4O2/c1-25-11-10-22-19(25)18(14-6-3-2-4-7-14)24-17(26)13-23-20(27)15-8-5-9-16(21)12-15/h2-12,18H,13H2,1H3,(H,23,27)(H,24,26). The largest absolute Gasteiger partial charge is 0.343 e. The maximum absolute atomic E-state index is 12.5. The van der Waals surface area contributed by atoms with Crippen LogP contribution in [0.3, 0.4) is 0 Å². The van der Waals surface area contributed by atoms with Crippen LogP contribution >= 0.6 is 15.9 Å². The number of hydrogen-bond donors (Lipinski definition) is 2. The van der Waals surface area contributed by atoms with E-state index in [1.165, 1.54) is 0 Å². The summed E-state index contributed by atoms with van der Waals surface area (Å²) in [5, 5.41) is 5.59. The molecule has 2 N–H and O–H groups in total. The molecule has 138 valence electrons.